The third kappa shape index (κ3) is 3.97. The van der Waals surface area contributed by atoms with E-state index < -0.39 is 39.7 Å². The van der Waals surface area contributed by atoms with Crippen molar-refractivity contribution in [2.45, 2.75) is 12.8 Å². The van der Waals surface area contributed by atoms with E-state index in [1.807, 2.05) is 0 Å². The smallest absolute Gasteiger partial charge is 0.307 e. The average molecular weight is 288 g/mol. The number of hydrogen-bond acceptors (Lipinski definition) is 4. The lowest BCUT2D eigenvalue weighted by molar-refractivity contribution is -0.387. The van der Waals surface area contributed by atoms with Crippen molar-refractivity contribution in [1.29, 1.82) is 0 Å². The molecule has 20 heavy (non-hydrogen) atoms. The Balaban J connectivity index is 2.76. The second kappa shape index (κ2) is 6.55. The number of rotatable bonds is 6. The summed E-state index contributed by atoms with van der Waals surface area (Å²) >= 11 is 0. The van der Waals surface area contributed by atoms with Crippen LogP contribution >= 0.6 is 0 Å². The van der Waals surface area contributed by atoms with Gasteiger partial charge in [0.25, 0.3) is 5.91 Å². The minimum atomic E-state index is -1.33. The molecule has 2 N–H and O–H groups in total. The molecule has 7 nitrogen and oxygen atoms in total. The molecule has 0 fully saturated rings. The van der Waals surface area contributed by atoms with E-state index in [4.69, 9.17) is 5.11 Å². The molecule has 0 bridgehead atoms. The number of carboxylic acid groups (broad SMARTS) is 1. The van der Waals surface area contributed by atoms with Crippen molar-refractivity contribution in [2.75, 3.05) is 6.54 Å². The van der Waals surface area contributed by atoms with Gasteiger partial charge in [0.05, 0.1) is 16.6 Å². The van der Waals surface area contributed by atoms with Gasteiger partial charge >= 0.3 is 11.7 Å². The molecule has 0 spiro atoms. The summed E-state index contributed by atoms with van der Waals surface area (Å²) in [7, 11) is 0. The molecule has 0 radical (unpaired) electrons. The van der Waals surface area contributed by atoms with Crippen LogP contribution in [0.15, 0.2) is 12.1 Å². The number of nitrogens with zero attached hydrogens (tertiary/aromatic N) is 1. The van der Waals surface area contributed by atoms with Crippen LogP contribution in [0, 0.1) is 21.7 Å². The maximum Gasteiger partial charge on any atom is 0.307 e. The van der Waals surface area contributed by atoms with Gasteiger partial charge in [-0.25, -0.2) is 4.39 Å². The lowest BCUT2D eigenvalue weighted by Gasteiger charge is -2.05. The summed E-state index contributed by atoms with van der Waals surface area (Å²) in [5, 5.41) is 20.9. The van der Waals surface area contributed by atoms with Crippen LogP contribution in [0.4, 0.5) is 14.5 Å². The molecule has 108 valence electrons. The molecule has 1 aromatic carbocycles. The van der Waals surface area contributed by atoms with Gasteiger partial charge in [0.2, 0.25) is 5.82 Å². The van der Waals surface area contributed by atoms with Crippen LogP contribution < -0.4 is 5.32 Å². The molecule has 1 amide bonds. The van der Waals surface area contributed by atoms with Crippen molar-refractivity contribution < 1.29 is 28.4 Å². The zero-order valence-electron chi connectivity index (χ0n) is 10.1. The van der Waals surface area contributed by atoms with Crippen LogP contribution in [-0.4, -0.2) is 28.5 Å². The second-order valence-electron chi connectivity index (χ2n) is 3.79. The molecule has 0 aromatic heterocycles. The van der Waals surface area contributed by atoms with E-state index in [0.29, 0.717) is 12.1 Å². The van der Waals surface area contributed by atoms with Crippen LogP contribution in [-0.2, 0) is 4.79 Å². The predicted octanol–water partition coefficient (Wildman–Crippen LogP) is 1.47. The van der Waals surface area contributed by atoms with E-state index in [1.54, 1.807) is 0 Å². The highest BCUT2D eigenvalue weighted by atomic mass is 19.1. The quantitative estimate of drug-likeness (QED) is 0.468. The van der Waals surface area contributed by atoms with Crippen molar-refractivity contribution in [1.82, 2.24) is 5.32 Å². The number of halogens is 2. The van der Waals surface area contributed by atoms with Gasteiger partial charge in [-0.05, 0) is 12.5 Å². The van der Waals surface area contributed by atoms with Gasteiger partial charge in [-0.2, -0.15) is 4.39 Å². The Bertz CT molecular complexity index is 562. The van der Waals surface area contributed by atoms with Crippen LogP contribution in [0.25, 0.3) is 0 Å². The molecule has 0 atom stereocenters. The molecule has 0 saturated carbocycles. The minimum absolute atomic E-state index is 0.0385. The first-order valence-corrected chi connectivity index (χ1v) is 5.46. The van der Waals surface area contributed by atoms with Gasteiger partial charge in [0.15, 0.2) is 0 Å². The lowest BCUT2D eigenvalue weighted by Crippen LogP contribution is -2.26. The van der Waals surface area contributed by atoms with Gasteiger partial charge in [0.1, 0.15) is 5.82 Å². The lowest BCUT2D eigenvalue weighted by atomic mass is 10.1. The topological polar surface area (TPSA) is 110 Å². The fraction of sp³-hybridized carbons (Fsp3) is 0.273. The average Bonchev–Trinajstić information content (AvgIpc) is 2.36. The summed E-state index contributed by atoms with van der Waals surface area (Å²) < 4.78 is 26.7. The number of nitro benzene ring substituents is 1. The van der Waals surface area contributed by atoms with Gasteiger partial charge in [-0.15, -0.1) is 0 Å². The third-order valence-corrected chi connectivity index (χ3v) is 2.33. The highest BCUT2D eigenvalue weighted by Gasteiger charge is 2.21. The van der Waals surface area contributed by atoms with Crippen molar-refractivity contribution in [3.63, 3.8) is 0 Å². The van der Waals surface area contributed by atoms with Gasteiger partial charge in [0, 0.05) is 13.0 Å². The molecule has 0 aliphatic carbocycles. The van der Waals surface area contributed by atoms with E-state index in [9.17, 15) is 28.5 Å². The van der Waals surface area contributed by atoms with Crippen molar-refractivity contribution >= 4 is 17.6 Å². The number of carbonyl (C=O) groups excluding carboxylic acids is 1. The van der Waals surface area contributed by atoms with Crippen LogP contribution in [0.3, 0.4) is 0 Å². The fourth-order valence-corrected chi connectivity index (χ4v) is 1.39. The van der Waals surface area contributed by atoms with Crippen LogP contribution in [0.5, 0.6) is 0 Å². The zero-order valence-corrected chi connectivity index (χ0v) is 10.1. The largest absolute Gasteiger partial charge is 0.481 e. The van der Waals surface area contributed by atoms with Crippen molar-refractivity contribution in [3.8, 4) is 0 Å². The standard InChI is InChI=1S/C11H10F2N2O5/c12-7-5-9(15(19)20)8(13)4-6(7)11(18)14-3-1-2-10(16)17/h4-5H,1-3H2,(H,14,18)(H,16,17). The number of amides is 1. The van der Waals surface area contributed by atoms with Crippen molar-refractivity contribution in [2.24, 2.45) is 0 Å². The van der Waals surface area contributed by atoms with Crippen molar-refractivity contribution in [3.05, 3.63) is 39.4 Å². The van der Waals surface area contributed by atoms with E-state index in [0.717, 1.165) is 0 Å². The van der Waals surface area contributed by atoms with Gasteiger partial charge in [-0.3, -0.25) is 19.7 Å². The first-order chi connectivity index (χ1) is 9.32. The number of hydrogen-bond donors (Lipinski definition) is 2. The number of aliphatic carboxylic acids is 1. The Kier molecular flexibility index (Phi) is 5.07. The molecule has 0 heterocycles. The third-order valence-electron chi connectivity index (χ3n) is 2.33. The minimum Gasteiger partial charge on any atom is -0.481 e. The number of carbonyl (C=O) groups is 2. The van der Waals surface area contributed by atoms with E-state index in [1.165, 1.54) is 0 Å². The van der Waals surface area contributed by atoms with E-state index in [-0.39, 0.29) is 19.4 Å². The van der Waals surface area contributed by atoms with Gasteiger partial charge in [-0.1, -0.05) is 0 Å². The van der Waals surface area contributed by atoms with Gasteiger partial charge < -0.3 is 10.4 Å². The molecule has 0 aliphatic heterocycles. The Morgan fingerprint density at radius 3 is 2.50 bits per heavy atom. The first-order valence-electron chi connectivity index (χ1n) is 5.46. The molecule has 0 unspecified atom stereocenters. The molecule has 1 rings (SSSR count). The normalized spacial score (nSPS) is 10.1. The number of nitrogens with one attached hydrogen (secondary N) is 1. The summed E-state index contributed by atoms with van der Waals surface area (Å²) in [6.45, 7) is -0.0385. The SMILES string of the molecule is O=C(O)CCCNC(=O)c1cc(F)c([N+](=O)[O-])cc1F. The summed E-state index contributed by atoms with van der Waals surface area (Å²) in [5.41, 5.74) is -1.74. The molecule has 9 heteroatoms. The second-order valence-corrected chi connectivity index (χ2v) is 3.79. The molecular formula is C11H10F2N2O5. The highest BCUT2D eigenvalue weighted by Crippen LogP contribution is 2.21. The maximum absolute atomic E-state index is 13.5. The number of benzene rings is 1. The summed E-state index contributed by atoms with van der Waals surface area (Å²) in [5.74, 6) is -4.57. The first kappa shape index (κ1) is 15.5. The van der Waals surface area contributed by atoms with Crippen LogP contribution in [0.2, 0.25) is 0 Å². The molecule has 0 aliphatic rings. The monoisotopic (exact) mass is 288 g/mol. The summed E-state index contributed by atoms with van der Waals surface area (Å²) in [6, 6.07) is 0.751. The highest BCUT2D eigenvalue weighted by molar-refractivity contribution is 5.94. The Labute approximate surface area is 111 Å². The van der Waals surface area contributed by atoms with Crippen LogP contribution in [0.1, 0.15) is 23.2 Å². The summed E-state index contributed by atoms with van der Waals surface area (Å²) in [6.07, 6.45) is -0.0600. The molecule has 1 aromatic rings. The molecule has 0 saturated heterocycles. The van der Waals surface area contributed by atoms with E-state index in [2.05, 4.69) is 5.32 Å². The zero-order chi connectivity index (χ0) is 15.3. The predicted molar refractivity (Wildman–Crippen MR) is 62.2 cm³/mol. The Hall–Kier alpha value is -2.58. The van der Waals surface area contributed by atoms with E-state index >= 15 is 0 Å². The Morgan fingerprint density at radius 1 is 1.30 bits per heavy atom. The maximum atomic E-state index is 13.5. The number of carboxylic acids is 1. The fourth-order valence-electron chi connectivity index (χ4n) is 1.39. The summed E-state index contributed by atoms with van der Waals surface area (Å²) in [4.78, 5) is 31.0. The Morgan fingerprint density at radius 2 is 1.95 bits per heavy atom. The molecular weight excluding hydrogens is 278 g/mol. The number of nitro groups is 1.